The summed E-state index contributed by atoms with van der Waals surface area (Å²) in [5.74, 6) is 0.106. The fraction of sp³-hybridized carbons (Fsp3) is 0.727. The highest BCUT2D eigenvalue weighted by atomic mass is 32.2. The van der Waals surface area contributed by atoms with Crippen LogP contribution in [0, 0.1) is 0 Å². The lowest BCUT2D eigenvalue weighted by atomic mass is 10.3. The van der Waals surface area contributed by atoms with Crippen LogP contribution in [0.2, 0.25) is 0 Å². The number of nitrogens with one attached hydrogen (secondary N) is 1. The van der Waals surface area contributed by atoms with Gasteiger partial charge in [-0.15, -0.1) is 5.10 Å². The SMILES string of the molecule is CCCCn1nnnc1CSCC(NC(C)=O)C(=O)O. The van der Waals surface area contributed by atoms with E-state index in [1.54, 1.807) is 4.68 Å². The molecule has 1 unspecified atom stereocenters. The van der Waals surface area contributed by atoms with E-state index in [1.807, 2.05) is 0 Å². The van der Waals surface area contributed by atoms with Crippen LogP contribution < -0.4 is 5.32 Å². The van der Waals surface area contributed by atoms with Crippen LogP contribution in [0.3, 0.4) is 0 Å². The quantitative estimate of drug-likeness (QED) is 0.674. The second-order valence-corrected chi connectivity index (χ2v) is 5.31. The molecule has 0 radical (unpaired) electrons. The van der Waals surface area contributed by atoms with Crippen molar-refractivity contribution in [3.05, 3.63) is 5.82 Å². The molecule has 0 aromatic carbocycles. The zero-order chi connectivity index (χ0) is 15.0. The van der Waals surface area contributed by atoms with Crippen molar-refractivity contribution in [3.8, 4) is 0 Å². The number of unbranched alkanes of at least 4 members (excludes halogenated alkanes) is 1. The Hall–Kier alpha value is -1.64. The Morgan fingerprint density at radius 1 is 1.50 bits per heavy atom. The maximum absolute atomic E-state index is 11.0. The van der Waals surface area contributed by atoms with E-state index >= 15 is 0 Å². The number of amides is 1. The largest absolute Gasteiger partial charge is 0.480 e. The molecule has 0 saturated carbocycles. The molecule has 0 aliphatic carbocycles. The highest BCUT2D eigenvalue weighted by Gasteiger charge is 2.18. The van der Waals surface area contributed by atoms with Crippen LogP contribution in [-0.4, -0.2) is 49.0 Å². The number of hydrogen-bond acceptors (Lipinski definition) is 6. The summed E-state index contributed by atoms with van der Waals surface area (Å²) in [6.07, 6.45) is 2.04. The standard InChI is InChI=1S/C11H19N5O3S/c1-3-4-5-16-10(13-14-15-16)7-20-6-9(11(18)19)12-8(2)17/h9H,3-7H2,1-2H3,(H,12,17)(H,18,19). The molecule has 0 bridgehead atoms. The van der Waals surface area contributed by atoms with Crippen LogP contribution in [-0.2, 0) is 21.9 Å². The number of aryl methyl sites for hydroxylation is 1. The van der Waals surface area contributed by atoms with E-state index in [1.165, 1.54) is 18.7 Å². The molecule has 112 valence electrons. The number of rotatable bonds is 9. The summed E-state index contributed by atoms with van der Waals surface area (Å²) in [6.45, 7) is 4.14. The molecule has 0 saturated heterocycles. The van der Waals surface area contributed by atoms with Gasteiger partial charge in [0, 0.05) is 19.2 Å². The van der Waals surface area contributed by atoms with Crippen molar-refractivity contribution in [1.29, 1.82) is 0 Å². The molecule has 0 spiro atoms. The van der Waals surface area contributed by atoms with E-state index in [4.69, 9.17) is 5.11 Å². The fourth-order valence-electron chi connectivity index (χ4n) is 1.50. The van der Waals surface area contributed by atoms with Gasteiger partial charge in [-0.1, -0.05) is 13.3 Å². The van der Waals surface area contributed by atoms with Gasteiger partial charge in [0.15, 0.2) is 5.82 Å². The lowest BCUT2D eigenvalue weighted by Crippen LogP contribution is -2.41. The predicted octanol–water partition coefficient (Wildman–Crippen LogP) is 0.296. The van der Waals surface area contributed by atoms with Gasteiger partial charge in [-0.3, -0.25) is 4.79 Å². The molecule has 9 heteroatoms. The molecule has 20 heavy (non-hydrogen) atoms. The Balaban J connectivity index is 2.44. The van der Waals surface area contributed by atoms with Crippen molar-refractivity contribution >= 4 is 23.6 Å². The molecule has 1 amide bonds. The van der Waals surface area contributed by atoms with Gasteiger partial charge < -0.3 is 10.4 Å². The number of aliphatic carboxylic acids is 1. The number of aromatic nitrogens is 4. The van der Waals surface area contributed by atoms with Crippen LogP contribution >= 0.6 is 11.8 Å². The minimum Gasteiger partial charge on any atom is -0.480 e. The number of carbonyl (C=O) groups is 2. The highest BCUT2D eigenvalue weighted by Crippen LogP contribution is 2.11. The minimum atomic E-state index is -1.04. The van der Waals surface area contributed by atoms with Gasteiger partial charge in [0.25, 0.3) is 0 Å². The molecular formula is C11H19N5O3S. The smallest absolute Gasteiger partial charge is 0.327 e. The first-order chi connectivity index (χ1) is 9.54. The summed E-state index contributed by atoms with van der Waals surface area (Å²) >= 11 is 1.38. The van der Waals surface area contributed by atoms with Gasteiger partial charge in [-0.05, 0) is 16.8 Å². The third-order valence-corrected chi connectivity index (χ3v) is 3.55. The fourth-order valence-corrected chi connectivity index (χ4v) is 2.47. The summed E-state index contributed by atoms with van der Waals surface area (Å²) in [5.41, 5.74) is 0. The van der Waals surface area contributed by atoms with Crippen molar-refractivity contribution in [2.75, 3.05) is 5.75 Å². The third kappa shape index (κ3) is 5.55. The van der Waals surface area contributed by atoms with E-state index in [0.717, 1.165) is 25.2 Å². The van der Waals surface area contributed by atoms with Gasteiger partial charge in [0.05, 0.1) is 5.75 Å². The summed E-state index contributed by atoms with van der Waals surface area (Å²) in [6, 6.07) is -0.891. The number of carboxylic acids is 1. The molecule has 1 heterocycles. The zero-order valence-electron chi connectivity index (χ0n) is 11.6. The number of nitrogens with zero attached hydrogens (tertiary/aromatic N) is 4. The van der Waals surface area contributed by atoms with Gasteiger partial charge in [0.2, 0.25) is 5.91 Å². The number of thioether (sulfide) groups is 1. The van der Waals surface area contributed by atoms with E-state index in [-0.39, 0.29) is 11.7 Å². The predicted molar refractivity (Wildman–Crippen MR) is 74.1 cm³/mol. The van der Waals surface area contributed by atoms with Crippen LogP contribution in [0.1, 0.15) is 32.5 Å². The topological polar surface area (TPSA) is 110 Å². The molecule has 1 rings (SSSR count). The normalized spacial score (nSPS) is 12.1. The number of carbonyl (C=O) groups excluding carboxylic acids is 1. The second kappa shape index (κ2) is 8.51. The van der Waals surface area contributed by atoms with E-state index in [0.29, 0.717) is 5.75 Å². The average molecular weight is 301 g/mol. The third-order valence-electron chi connectivity index (χ3n) is 2.52. The Morgan fingerprint density at radius 2 is 2.25 bits per heavy atom. The Labute approximate surface area is 121 Å². The molecular weight excluding hydrogens is 282 g/mol. The molecule has 0 aliphatic rings. The summed E-state index contributed by atoms with van der Waals surface area (Å²) in [4.78, 5) is 21.9. The lowest BCUT2D eigenvalue weighted by molar-refractivity contribution is -0.140. The highest BCUT2D eigenvalue weighted by molar-refractivity contribution is 7.98. The molecule has 1 atom stereocenters. The molecule has 8 nitrogen and oxygen atoms in total. The van der Waals surface area contributed by atoms with Crippen molar-refractivity contribution < 1.29 is 14.7 Å². The van der Waals surface area contributed by atoms with Gasteiger partial charge in [-0.25, -0.2) is 9.48 Å². The van der Waals surface area contributed by atoms with Gasteiger partial charge >= 0.3 is 5.97 Å². The summed E-state index contributed by atoms with van der Waals surface area (Å²) in [5, 5.41) is 22.8. The van der Waals surface area contributed by atoms with Crippen molar-refractivity contribution in [2.45, 2.75) is 45.0 Å². The number of tetrazole rings is 1. The van der Waals surface area contributed by atoms with E-state index in [9.17, 15) is 9.59 Å². The lowest BCUT2D eigenvalue weighted by Gasteiger charge is -2.12. The number of hydrogen-bond donors (Lipinski definition) is 2. The van der Waals surface area contributed by atoms with E-state index < -0.39 is 12.0 Å². The summed E-state index contributed by atoms with van der Waals surface area (Å²) < 4.78 is 1.73. The van der Waals surface area contributed by atoms with Crippen molar-refractivity contribution in [2.24, 2.45) is 0 Å². The maximum Gasteiger partial charge on any atom is 0.327 e. The molecule has 2 N–H and O–H groups in total. The molecule has 0 fully saturated rings. The van der Waals surface area contributed by atoms with Crippen LogP contribution in [0.4, 0.5) is 0 Å². The number of carboxylic acid groups (broad SMARTS) is 1. The van der Waals surface area contributed by atoms with Crippen LogP contribution in [0.5, 0.6) is 0 Å². The monoisotopic (exact) mass is 301 g/mol. The minimum absolute atomic E-state index is 0.273. The molecule has 0 aliphatic heterocycles. The summed E-state index contributed by atoms with van der Waals surface area (Å²) in [7, 11) is 0. The maximum atomic E-state index is 11.0. The van der Waals surface area contributed by atoms with Gasteiger partial charge in [-0.2, -0.15) is 11.8 Å². The van der Waals surface area contributed by atoms with E-state index in [2.05, 4.69) is 27.8 Å². The first-order valence-electron chi connectivity index (χ1n) is 6.37. The average Bonchev–Trinajstić information content (AvgIpc) is 2.82. The Bertz CT molecular complexity index is 451. The Kier molecular flexibility index (Phi) is 6.99. The van der Waals surface area contributed by atoms with Crippen LogP contribution in [0.15, 0.2) is 0 Å². The first kappa shape index (κ1) is 16.4. The molecule has 1 aromatic rings. The first-order valence-corrected chi connectivity index (χ1v) is 7.52. The van der Waals surface area contributed by atoms with Crippen molar-refractivity contribution in [3.63, 3.8) is 0 Å². The Morgan fingerprint density at radius 3 is 2.85 bits per heavy atom. The molecule has 1 aromatic heterocycles. The van der Waals surface area contributed by atoms with Crippen LogP contribution in [0.25, 0.3) is 0 Å². The van der Waals surface area contributed by atoms with Gasteiger partial charge in [0.1, 0.15) is 6.04 Å². The van der Waals surface area contributed by atoms with Crippen molar-refractivity contribution in [1.82, 2.24) is 25.5 Å². The zero-order valence-corrected chi connectivity index (χ0v) is 12.4. The second-order valence-electron chi connectivity index (χ2n) is 4.28.